The van der Waals surface area contributed by atoms with E-state index in [4.69, 9.17) is 4.74 Å². The van der Waals surface area contributed by atoms with Crippen LogP contribution in [0.3, 0.4) is 0 Å². The molecule has 0 bridgehead atoms. The molecule has 1 aromatic heterocycles. The van der Waals surface area contributed by atoms with Gasteiger partial charge in [0.1, 0.15) is 5.75 Å². The lowest BCUT2D eigenvalue weighted by molar-refractivity contribution is 0.0747. The summed E-state index contributed by atoms with van der Waals surface area (Å²) >= 11 is 0. The summed E-state index contributed by atoms with van der Waals surface area (Å²) < 4.78 is 6.58. The van der Waals surface area contributed by atoms with Gasteiger partial charge >= 0.3 is 5.69 Å². The molecule has 8 nitrogen and oxygen atoms in total. The van der Waals surface area contributed by atoms with Crippen molar-refractivity contribution in [1.82, 2.24) is 14.5 Å². The maximum Gasteiger partial charge on any atom is 0.328 e. The molecule has 3 aromatic rings. The molecule has 8 heteroatoms. The van der Waals surface area contributed by atoms with E-state index in [1.165, 1.54) is 0 Å². The molecule has 1 amide bonds. The number of ether oxygens (including phenoxy) is 1. The number of rotatable bonds is 4. The lowest BCUT2D eigenvalue weighted by Gasteiger charge is -2.36. The zero-order valence-corrected chi connectivity index (χ0v) is 17.1. The third kappa shape index (κ3) is 3.45. The van der Waals surface area contributed by atoms with Gasteiger partial charge in [-0.25, -0.2) is 4.79 Å². The third-order valence-electron chi connectivity index (χ3n) is 5.54. The van der Waals surface area contributed by atoms with Crippen LogP contribution in [-0.4, -0.2) is 53.6 Å². The van der Waals surface area contributed by atoms with Gasteiger partial charge < -0.3 is 19.5 Å². The van der Waals surface area contributed by atoms with Crippen molar-refractivity contribution < 1.29 is 9.53 Å². The van der Waals surface area contributed by atoms with Crippen molar-refractivity contribution in [3.8, 4) is 5.75 Å². The van der Waals surface area contributed by atoms with Gasteiger partial charge in [-0.15, -0.1) is 0 Å². The number of nitrogens with one attached hydrogen (secondary N) is 1. The van der Waals surface area contributed by atoms with Gasteiger partial charge in [0, 0.05) is 38.3 Å². The average Bonchev–Trinajstić information content (AvgIpc) is 2.78. The first kappa shape index (κ1) is 19.8. The average molecular weight is 408 g/mol. The highest BCUT2D eigenvalue weighted by atomic mass is 16.5. The molecule has 1 N–H and O–H groups in total. The first-order valence-electron chi connectivity index (χ1n) is 9.97. The van der Waals surface area contributed by atoms with Crippen LogP contribution in [-0.2, 0) is 6.54 Å². The molecule has 1 saturated heterocycles. The number of benzene rings is 2. The Morgan fingerprint density at radius 1 is 1.07 bits per heavy atom. The van der Waals surface area contributed by atoms with Crippen molar-refractivity contribution >= 4 is 22.5 Å². The summed E-state index contributed by atoms with van der Waals surface area (Å²) in [7, 11) is 1.65. The maximum atomic E-state index is 13.0. The topological polar surface area (TPSA) is 87.6 Å². The zero-order chi connectivity index (χ0) is 21.3. The fourth-order valence-corrected chi connectivity index (χ4v) is 3.90. The van der Waals surface area contributed by atoms with Crippen LogP contribution in [0.25, 0.3) is 10.9 Å². The van der Waals surface area contributed by atoms with E-state index in [0.29, 0.717) is 49.2 Å². The van der Waals surface area contributed by atoms with Crippen LogP contribution in [0.4, 0.5) is 5.69 Å². The number of carbonyl (C=O) groups is 1. The standard InChI is InChI=1S/C22H24N4O4/c1-3-26-21(28)16-9-8-15(14-17(16)23-22(26)29)20(27)25-12-10-24(11-13-25)18-6-4-5-7-19(18)30-2/h4-9,14H,3,10-13H2,1-2H3,(H,23,29). The molecule has 2 heterocycles. The molecule has 2 aromatic carbocycles. The smallest absolute Gasteiger partial charge is 0.328 e. The Kier molecular flexibility index (Phi) is 5.31. The fraction of sp³-hybridized carbons (Fsp3) is 0.318. The van der Waals surface area contributed by atoms with Crippen molar-refractivity contribution in [2.24, 2.45) is 0 Å². The summed E-state index contributed by atoms with van der Waals surface area (Å²) in [5.41, 5.74) is 1.04. The number of aromatic amines is 1. The van der Waals surface area contributed by atoms with Crippen LogP contribution in [0.5, 0.6) is 5.75 Å². The predicted octanol–water partition coefficient (Wildman–Crippen LogP) is 1.68. The quantitative estimate of drug-likeness (QED) is 0.710. The molecule has 156 valence electrons. The van der Waals surface area contributed by atoms with E-state index in [1.54, 1.807) is 37.1 Å². The number of anilines is 1. The molecular formula is C22H24N4O4. The van der Waals surface area contributed by atoms with Crippen molar-refractivity contribution in [3.63, 3.8) is 0 Å². The number of methoxy groups -OCH3 is 1. The minimum atomic E-state index is -0.468. The summed E-state index contributed by atoms with van der Waals surface area (Å²) in [5, 5.41) is 0.397. The number of hydrogen-bond donors (Lipinski definition) is 1. The lowest BCUT2D eigenvalue weighted by atomic mass is 10.1. The summed E-state index contributed by atoms with van der Waals surface area (Å²) in [5.74, 6) is 0.700. The number of fused-ring (bicyclic) bond motifs is 1. The Labute approximate surface area is 173 Å². The number of piperazine rings is 1. The van der Waals surface area contributed by atoms with Gasteiger partial charge in [0.25, 0.3) is 11.5 Å². The Balaban J connectivity index is 1.54. The van der Waals surface area contributed by atoms with E-state index in [1.807, 2.05) is 24.3 Å². The second-order valence-corrected chi connectivity index (χ2v) is 7.19. The Bertz CT molecular complexity index is 1210. The van der Waals surface area contributed by atoms with Crippen LogP contribution < -0.4 is 20.9 Å². The number of H-pyrrole nitrogens is 1. The normalized spacial score (nSPS) is 14.2. The highest BCUT2D eigenvalue weighted by Gasteiger charge is 2.24. The Morgan fingerprint density at radius 2 is 1.80 bits per heavy atom. The van der Waals surface area contributed by atoms with Crippen LogP contribution >= 0.6 is 0 Å². The number of nitrogens with zero attached hydrogens (tertiary/aromatic N) is 3. The first-order chi connectivity index (χ1) is 14.5. The van der Waals surface area contributed by atoms with E-state index in [2.05, 4.69) is 9.88 Å². The van der Waals surface area contributed by atoms with Crippen molar-refractivity contribution in [2.45, 2.75) is 13.5 Å². The SMILES string of the molecule is CCn1c(=O)[nH]c2cc(C(=O)N3CCN(c4ccccc4OC)CC3)ccc2c1=O. The van der Waals surface area contributed by atoms with Crippen molar-refractivity contribution in [3.05, 3.63) is 68.9 Å². The molecule has 1 aliphatic rings. The second-order valence-electron chi connectivity index (χ2n) is 7.19. The first-order valence-corrected chi connectivity index (χ1v) is 9.97. The number of amides is 1. The maximum absolute atomic E-state index is 13.0. The molecule has 0 radical (unpaired) electrons. The van der Waals surface area contributed by atoms with Gasteiger partial charge in [0.2, 0.25) is 0 Å². The lowest BCUT2D eigenvalue weighted by Crippen LogP contribution is -2.48. The van der Waals surface area contributed by atoms with Crippen molar-refractivity contribution in [2.75, 3.05) is 38.2 Å². The highest BCUT2D eigenvalue weighted by Crippen LogP contribution is 2.28. The van der Waals surface area contributed by atoms with Crippen LogP contribution in [0.2, 0.25) is 0 Å². The van der Waals surface area contributed by atoms with E-state index in [0.717, 1.165) is 16.0 Å². The van der Waals surface area contributed by atoms with E-state index >= 15 is 0 Å². The van der Waals surface area contributed by atoms with Gasteiger partial charge in [-0.3, -0.25) is 14.2 Å². The van der Waals surface area contributed by atoms with E-state index < -0.39 is 5.69 Å². The van der Waals surface area contributed by atoms with Crippen LogP contribution in [0, 0.1) is 0 Å². The zero-order valence-electron chi connectivity index (χ0n) is 17.1. The summed E-state index contributed by atoms with van der Waals surface area (Å²) in [6, 6.07) is 12.7. The van der Waals surface area contributed by atoms with Gasteiger partial charge in [-0.1, -0.05) is 12.1 Å². The number of para-hydroxylation sites is 2. The molecule has 0 atom stereocenters. The van der Waals surface area contributed by atoms with Gasteiger partial charge in [0.15, 0.2) is 0 Å². The molecule has 1 aliphatic heterocycles. The molecular weight excluding hydrogens is 384 g/mol. The molecule has 0 aliphatic carbocycles. The minimum absolute atomic E-state index is 0.114. The largest absolute Gasteiger partial charge is 0.495 e. The molecule has 0 unspecified atom stereocenters. The van der Waals surface area contributed by atoms with Gasteiger partial charge in [-0.05, 0) is 37.3 Å². The minimum Gasteiger partial charge on any atom is -0.495 e. The molecule has 4 rings (SSSR count). The fourth-order valence-electron chi connectivity index (χ4n) is 3.90. The van der Waals surface area contributed by atoms with E-state index in [-0.39, 0.29) is 11.5 Å². The highest BCUT2D eigenvalue weighted by molar-refractivity contribution is 5.97. The molecule has 1 fully saturated rings. The van der Waals surface area contributed by atoms with Crippen LogP contribution in [0.1, 0.15) is 17.3 Å². The van der Waals surface area contributed by atoms with Gasteiger partial charge in [0.05, 0.1) is 23.7 Å². The summed E-state index contributed by atoms with van der Waals surface area (Å²) in [4.78, 5) is 44.2. The number of aromatic nitrogens is 2. The monoisotopic (exact) mass is 408 g/mol. The predicted molar refractivity (Wildman–Crippen MR) is 116 cm³/mol. The Morgan fingerprint density at radius 3 is 2.50 bits per heavy atom. The van der Waals surface area contributed by atoms with Gasteiger partial charge in [-0.2, -0.15) is 0 Å². The van der Waals surface area contributed by atoms with E-state index in [9.17, 15) is 14.4 Å². The summed E-state index contributed by atoms with van der Waals surface area (Å²) in [6.07, 6.45) is 0. The molecule has 30 heavy (non-hydrogen) atoms. The second kappa shape index (κ2) is 8.06. The van der Waals surface area contributed by atoms with Crippen molar-refractivity contribution in [1.29, 1.82) is 0 Å². The summed E-state index contributed by atoms with van der Waals surface area (Å²) in [6.45, 7) is 4.56. The molecule has 0 spiro atoms. The molecule has 0 saturated carbocycles. The number of hydrogen-bond acceptors (Lipinski definition) is 5. The number of carbonyl (C=O) groups excluding carboxylic acids is 1. The van der Waals surface area contributed by atoms with Crippen LogP contribution in [0.15, 0.2) is 52.1 Å². The Hall–Kier alpha value is -3.55. The third-order valence-corrected chi connectivity index (χ3v) is 5.54.